The number of hydrogen-bond donors (Lipinski definition) is 1. The summed E-state index contributed by atoms with van der Waals surface area (Å²) in [6.07, 6.45) is 0. The zero-order valence-corrected chi connectivity index (χ0v) is 14.0. The molecule has 0 aliphatic rings. The fourth-order valence-electron chi connectivity index (χ4n) is 2.04. The number of amides is 1. The molecule has 0 aliphatic heterocycles. The molecule has 2 aromatic rings. The molecule has 0 unspecified atom stereocenters. The first-order valence-corrected chi connectivity index (χ1v) is 7.54. The van der Waals surface area contributed by atoms with Gasteiger partial charge in [-0.3, -0.25) is 4.79 Å². The third-order valence-corrected chi connectivity index (χ3v) is 3.64. The van der Waals surface area contributed by atoms with Crippen LogP contribution >= 0.6 is 0 Å². The Morgan fingerprint density at radius 1 is 1.21 bits per heavy atom. The highest BCUT2D eigenvalue weighted by Crippen LogP contribution is 2.16. The topological polar surface area (TPSA) is 74.5 Å². The van der Waals surface area contributed by atoms with Crippen molar-refractivity contribution in [2.75, 3.05) is 6.61 Å². The van der Waals surface area contributed by atoms with Crippen molar-refractivity contribution in [3.8, 4) is 11.8 Å². The number of hydrogen-bond acceptors (Lipinski definition) is 4. The zero-order chi connectivity index (χ0) is 17.5. The van der Waals surface area contributed by atoms with E-state index in [1.165, 1.54) is 11.1 Å². The summed E-state index contributed by atoms with van der Waals surface area (Å²) in [7, 11) is 0. The zero-order valence-electron chi connectivity index (χ0n) is 14.0. The summed E-state index contributed by atoms with van der Waals surface area (Å²) < 4.78 is 5.36. The highest BCUT2D eigenvalue weighted by molar-refractivity contribution is 5.99. The Labute approximate surface area is 141 Å². The molecule has 0 spiro atoms. The molecule has 0 aliphatic carbocycles. The van der Waals surface area contributed by atoms with Crippen molar-refractivity contribution in [1.29, 1.82) is 5.26 Å². The number of nitriles is 1. The predicted octanol–water partition coefficient (Wildman–Crippen LogP) is 3.09. The maximum absolute atomic E-state index is 11.8. The van der Waals surface area contributed by atoms with Gasteiger partial charge in [-0.05, 0) is 55.7 Å². The van der Waals surface area contributed by atoms with E-state index in [9.17, 15) is 4.79 Å². The second-order valence-corrected chi connectivity index (χ2v) is 5.43. The van der Waals surface area contributed by atoms with Crippen molar-refractivity contribution in [3.05, 3.63) is 64.7 Å². The van der Waals surface area contributed by atoms with Gasteiger partial charge in [-0.1, -0.05) is 24.3 Å². The lowest BCUT2D eigenvalue weighted by Crippen LogP contribution is -2.25. The number of ether oxygens (including phenoxy) is 1. The molecule has 1 N–H and O–H groups in total. The number of benzene rings is 2. The van der Waals surface area contributed by atoms with Crippen LogP contribution in [-0.2, 0) is 4.79 Å². The first-order valence-electron chi connectivity index (χ1n) is 7.54. The molecule has 5 heteroatoms. The van der Waals surface area contributed by atoms with Crippen molar-refractivity contribution >= 4 is 11.6 Å². The highest BCUT2D eigenvalue weighted by atomic mass is 16.5. The van der Waals surface area contributed by atoms with Gasteiger partial charge in [0, 0.05) is 0 Å². The van der Waals surface area contributed by atoms with E-state index in [2.05, 4.69) is 10.5 Å². The summed E-state index contributed by atoms with van der Waals surface area (Å²) in [5.41, 5.74) is 6.90. The Hall–Kier alpha value is -3.13. The monoisotopic (exact) mass is 321 g/mol. The summed E-state index contributed by atoms with van der Waals surface area (Å²) in [6, 6.07) is 14.8. The van der Waals surface area contributed by atoms with E-state index >= 15 is 0 Å². The third-order valence-electron chi connectivity index (χ3n) is 3.64. The van der Waals surface area contributed by atoms with Crippen LogP contribution in [0.25, 0.3) is 0 Å². The Kier molecular flexibility index (Phi) is 5.69. The molecular weight excluding hydrogens is 302 g/mol. The number of nitrogens with zero attached hydrogens (tertiary/aromatic N) is 2. The van der Waals surface area contributed by atoms with Crippen molar-refractivity contribution in [2.24, 2.45) is 5.10 Å². The van der Waals surface area contributed by atoms with Gasteiger partial charge in [0.2, 0.25) is 0 Å². The number of hydrazone groups is 1. The summed E-state index contributed by atoms with van der Waals surface area (Å²) in [4.78, 5) is 11.8. The van der Waals surface area contributed by atoms with Crippen LogP contribution in [0.2, 0.25) is 0 Å². The maximum atomic E-state index is 11.8. The number of aryl methyl sites for hydroxylation is 2. The van der Waals surface area contributed by atoms with Gasteiger partial charge < -0.3 is 4.74 Å². The quantitative estimate of drug-likeness (QED) is 0.679. The van der Waals surface area contributed by atoms with Gasteiger partial charge in [0.15, 0.2) is 6.61 Å². The van der Waals surface area contributed by atoms with Crippen LogP contribution in [0.3, 0.4) is 0 Å². The largest absolute Gasteiger partial charge is 0.482 e. The Morgan fingerprint density at radius 3 is 2.67 bits per heavy atom. The summed E-state index contributed by atoms with van der Waals surface area (Å²) in [5.74, 6) is -0.00376. The number of para-hydroxylation sites is 1. The van der Waals surface area contributed by atoms with E-state index < -0.39 is 0 Å². The van der Waals surface area contributed by atoms with Crippen LogP contribution in [0.5, 0.6) is 5.75 Å². The molecule has 0 atom stereocenters. The van der Waals surface area contributed by atoms with Gasteiger partial charge in [-0.15, -0.1) is 0 Å². The SMILES string of the molecule is C/C(=N\NC(=O)COc1ccccc1C#N)c1ccc(C)c(C)c1. The summed E-state index contributed by atoms with van der Waals surface area (Å²) >= 11 is 0. The number of carbonyl (C=O) groups is 1. The molecule has 0 saturated heterocycles. The van der Waals surface area contributed by atoms with Crippen LogP contribution in [0.4, 0.5) is 0 Å². The average Bonchev–Trinajstić information content (AvgIpc) is 2.60. The molecule has 0 saturated carbocycles. The smallest absolute Gasteiger partial charge is 0.277 e. The van der Waals surface area contributed by atoms with E-state index in [1.54, 1.807) is 24.3 Å². The fourth-order valence-corrected chi connectivity index (χ4v) is 2.04. The second-order valence-electron chi connectivity index (χ2n) is 5.43. The van der Waals surface area contributed by atoms with Crippen molar-refractivity contribution in [1.82, 2.24) is 5.43 Å². The average molecular weight is 321 g/mol. The molecule has 0 heterocycles. The summed E-state index contributed by atoms with van der Waals surface area (Å²) in [5, 5.41) is 13.1. The lowest BCUT2D eigenvalue weighted by molar-refractivity contribution is -0.123. The summed E-state index contributed by atoms with van der Waals surface area (Å²) in [6.45, 7) is 5.70. The molecule has 1 amide bonds. The van der Waals surface area contributed by atoms with E-state index in [1.807, 2.05) is 45.0 Å². The van der Waals surface area contributed by atoms with Gasteiger partial charge in [-0.25, -0.2) is 5.43 Å². The molecule has 0 radical (unpaired) electrons. The van der Waals surface area contributed by atoms with E-state index in [0.717, 1.165) is 5.56 Å². The first kappa shape index (κ1) is 17.2. The number of nitrogens with one attached hydrogen (secondary N) is 1. The minimum Gasteiger partial charge on any atom is -0.482 e. The van der Waals surface area contributed by atoms with Crippen molar-refractivity contribution in [2.45, 2.75) is 20.8 Å². The molecule has 0 fully saturated rings. The highest BCUT2D eigenvalue weighted by Gasteiger charge is 2.06. The van der Waals surface area contributed by atoms with E-state index in [0.29, 0.717) is 17.0 Å². The fraction of sp³-hybridized carbons (Fsp3) is 0.211. The molecule has 2 aromatic carbocycles. The molecular formula is C19H19N3O2. The predicted molar refractivity (Wildman–Crippen MR) is 92.9 cm³/mol. The molecule has 122 valence electrons. The van der Waals surface area contributed by atoms with Crippen LogP contribution in [0.1, 0.15) is 29.2 Å². The van der Waals surface area contributed by atoms with E-state index in [-0.39, 0.29) is 12.5 Å². The van der Waals surface area contributed by atoms with Crippen LogP contribution in [-0.4, -0.2) is 18.2 Å². The van der Waals surface area contributed by atoms with E-state index in [4.69, 9.17) is 10.00 Å². The molecule has 24 heavy (non-hydrogen) atoms. The molecule has 5 nitrogen and oxygen atoms in total. The number of carbonyl (C=O) groups excluding carboxylic acids is 1. The van der Waals surface area contributed by atoms with Crippen LogP contribution in [0, 0.1) is 25.2 Å². The van der Waals surface area contributed by atoms with Crippen LogP contribution in [0.15, 0.2) is 47.6 Å². The minimum absolute atomic E-state index is 0.206. The van der Waals surface area contributed by atoms with Gasteiger partial charge in [-0.2, -0.15) is 10.4 Å². The van der Waals surface area contributed by atoms with Gasteiger partial charge in [0.05, 0.1) is 11.3 Å². The third kappa shape index (κ3) is 4.43. The van der Waals surface area contributed by atoms with Gasteiger partial charge >= 0.3 is 0 Å². The Balaban J connectivity index is 1.94. The lowest BCUT2D eigenvalue weighted by atomic mass is 10.0. The first-order chi connectivity index (χ1) is 11.5. The van der Waals surface area contributed by atoms with Gasteiger partial charge in [0.25, 0.3) is 5.91 Å². The maximum Gasteiger partial charge on any atom is 0.277 e. The molecule has 2 rings (SSSR count). The Bertz CT molecular complexity index is 820. The second kappa shape index (κ2) is 7.93. The van der Waals surface area contributed by atoms with Gasteiger partial charge in [0.1, 0.15) is 11.8 Å². The lowest BCUT2D eigenvalue weighted by Gasteiger charge is -2.08. The van der Waals surface area contributed by atoms with Crippen LogP contribution < -0.4 is 10.2 Å². The molecule has 0 bridgehead atoms. The normalized spacial score (nSPS) is 10.8. The Morgan fingerprint density at radius 2 is 1.96 bits per heavy atom. The standard InChI is InChI=1S/C19H19N3O2/c1-13-8-9-16(10-14(13)2)15(3)21-22-19(23)12-24-18-7-5-4-6-17(18)11-20/h4-10H,12H2,1-3H3,(H,22,23)/b21-15+. The minimum atomic E-state index is -0.383. The molecule has 0 aromatic heterocycles. The van der Waals surface area contributed by atoms with Crippen molar-refractivity contribution < 1.29 is 9.53 Å². The number of rotatable bonds is 5. The van der Waals surface area contributed by atoms with Crippen molar-refractivity contribution in [3.63, 3.8) is 0 Å².